The zero-order chi connectivity index (χ0) is 18.6. The lowest BCUT2D eigenvalue weighted by molar-refractivity contribution is -0.157. The first kappa shape index (κ1) is 19.0. The summed E-state index contributed by atoms with van der Waals surface area (Å²) in [6.45, 7) is 5.57. The van der Waals surface area contributed by atoms with Crippen LogP contribution in [0.5, 0.6) is 0 Å². The summed E-state index contributed by atoms with van der Waals surface area (Å²) in [7, 11) is 1.30. The fourth-order valence-electron chi connectivity index (χ4n) is 2.78. The molecule has 0 N–H and O–H groups in total. The first-order valence-corrected chi connectivity index (χ1v) is 8.36. The predicted octanol–water partition coefficient (Wildman–Crippen LogP) is 3.06. The van der Waals surface area contributed by atoms with Crippen molar-refractivity contribution in [1.82, 2.24) is 4.90 Å². The number of amides is 1. The number of hydrogen-bond donors (Lipinski definition) is 0. The van der Waals surface area contributed by atoms with Gasteiger partial charge in [0.2, 0.25) is 0 Å². The Bertz CT molecular complexity index is 635. The van der Waals surface area contributed by atoms with E-state index < -0.39 is 17.6 Å². The summed E-state index contributed by atoms with van der Waals surface area (Å²) in [5.74, 6) is -0.375. The second-order valence-corrected chi connectivity index (χ2v) is 7.28. The Morgan fingerprint density at radius 2 is 1.80 bits per heavy atom. The van der Waals surface area contributed by atoms with Crippen molar-refractivity contribution in [3.8, 4) is 0 Å². The van der Waals surface area contributed by atoms with Gasteiger partial charge in [0.05, 0.1) is 19.1 Å². The van der Waals surface area contributed by atoms with E-state index in [1.165, 1.54) is 12.0 Å². The van der Waals surface area contributed by atoms with Crippen molar-refractivity contribution in [3.05, 3.63) is 35.9 Å². The van der Waals surface area contributed by atoms with Crippen molar-refractivity contribution in [2.24, 2.45) is 5.41 Å². The number of likely N-dealkylation sites (tertiary alicyclic amines) is 1. The molecule has 0 radical (unpaired) electrons. The molecule has 0 aromatic heterocycles. The molecule has 6 heteroatoms. The van der Waals surface area contributed by atoms with Crippen LogP contribution in [-0.2, 0) is 14.3 Å². The summed E-state index contributed by atoms with van der Waals surface area (Å²) < 4.78 is 10.3. The Balaban J connectivity index is 2.08. The molecule has 0 bridgehead atoms. The summed E-state index contributed by atoms with van der Waals surface area (Å²) in [5, 5.41) is 0. The Morgan fingerprint density at radius 1 is 1.16 bits per heavy atom. The van der Waals surface area contributed by atoms with Crippen LogP contribution in [-0.4, -0.2) is 48.5 Å². The highest BCUT2D eigenvalue weighted by Crippen LogP contribution is 2.27. The number of nitrogens with zero attached hydrogens (tertiary/aromatic N) is 1. The monoisotopic (exact) mass is 347 g/mol. The van der Waals surface area contributed by atoms with E-state index in [-0.39, 0.29) is 30.8 Å². The SMILES string of the molecule is COC(=O)N1C[C@H](OC(=O)C(C)(C)C)C[C@H]1CC(=O)c1ccccc1. The van der Waals surface area contributed by atoms with Crippen LogP contribution in [0.2, 0.25) is 0 Å². The molecular weight excluding hydrogens is 322 g/mol. The number of carbonyl (C=O) groups excluding carboxylic acids is 3. The lowest BCUT2D eigenvalue weighted by atomic mass is 9.97. The number of Topliss-reactive ketones (excluding diaryl/α,β-unsaturated/α-hetero) is 1. The van der Waals surface area contributed by atoms with Crippen molar-refractivity contribution < 1.29 is 23.9 Å². The Hall–Kier alpha value is -2.37. The number of ether oxygens (including phenoxy) is 2. The first-order chi connectivity index (χ1) is 11.7. The van der Waals surface area contributed by atoms with E-state index in [9.17, 15) is 14.4 Å². The van der Waals surface area contributed by atoms with Gasteiger partial charge in [0.15, 0.2) is 5.78 Å². The predicted molar refractivity (Wildman–Crippen MR) is 92.2 cm³/mol. The summed E-state index contributed by atoms with van der Waals surface area (Å²) in [6, 6.07) is 8.59. The molecule has 1 amide bonds. The standard InChI is InChI=1S/C19H25NO5/c1-19(2,3)17(22)25-15-10-14(20(12-15)18(23)24-4)11-16(21)13-8-6-5-7-9-13/h5-9,14-15H,10-12H2,1-4H3/t14-,15+/m0/s1. The number of rotatable bonds is 4. The molecule has 1 saturated heterocycles. The maximum Gasteiger partial charge on any atom is 0.409 e. The minimum atomic E-state index is -0.617. The zero-order valence-corrected chi connectivity index (χ0v) is 15.2. The third kappa shape index (κ3) is 4.81. The van der Waals surface area contributed by atoms with Crippen LogP contribution in [0.25, 0.3) is 0 Å². The van der Waals surface area contributed by atoms with Gasteiger partial charge in [-0.25, -0.2) is 4.79 Å². The summed E-state index contributed by atoms with van der Waals surface area (Å²) in [5.41, 5.74) is -0.0175. The molecule has 6 nitrogen and oxygen atoms in total. The van der Waals surface area contributed by atoms with Gasteiger partial charge in [-0.15, -0.1) is 0 Å². The molecule has 0 aliphatic carbocycles. The van der Waals surface area contributed by atoms with E-state index in [2.05, 4.69) is 0 Å². The Kier molecular flexibility index (Phi) is 5.82. The molecule has 2 rings (SSSR count). The van der Waals surface area contributed by atoms with Gasteiger partial charge >= 0.3 is 12.1 Å². The number of ketones is 1. The van der Waals surface area contributed by atoms with Gasteiger partial charge in [0.1, 0.15) is 6.10 Å². The summed E-state index contributed by atoms with van der Waals surface area (Å²) in [4.78, 5) is 38.0. The zero-order valence-electron chi connectivity index (χ0n) is 15.2. The number of esters is 1. The van der Waals surface area contributed by atoms with Crippen LogP contribution < -0.4 is 0 Å². The number of benzene rings is 1. The van der Waals surface area contributed by atoms with Crippen molar-refractivity contribution in [2.45, 2.75) is 45.8 Å². The van der Waals surface area contributed by atoms with E-state index in [0.717, 1.165) is 0 Å². The molecule has 25 heavy (non-hydrogen) atoms. The Morgan fingerprint density at radius 3 is 2.36 bits per heavy atom. The average molecular weight is 347 g/mol. The molecular formula is C19H25NO5. The van der Waals surface area contributed by atoms with Crippen molar-refractivity contribution in [3.63, 3.8) is 0 Å². The third-order valence-electron chi connectivity index (χ3n) is 4.19. The van der Waals surface area contributed by atoms with E-state index in [1.807, 2.05) is 6.07 Å². The van der Waals surface area contributed by atoms with Crippen molar-refractivity contribution in [1.29, 1.82) is 0 Å². The second-order valence-electron chi connectivity index (χ2n) is 7.28. The highest BCUT2D eigenvalue weighted by molar-refractivity contribution is 5.96. The topological polar surface area (TPSA) is 72.9 Å². The van der Waals surface area contributed by atoms with Gasteiger partial charge in [0.25, 0.3) is 0 Å². The highest BCUT2D eigenvalue weighted by Gasteiger charge is 2.40. The van der Waals surface area contributed by atoms with Crippen LogP contribution in [0.15, 0.2) is 30.3 Å². The largest absolute Gasteiger partial charge is 0.460 e. The third-order valence-corrected chi connectivity index (χ3v) is 4.19. The fourth-order valence-corrected chi connectivity index (χ4v) is 2.78. The molecule has 0 saturated carbocycles. The van der Waals surface area contributed by atoms with Gasteiger partial charge in [-0.05, 0) is 20.8 Å². The van der Waals surface area contributed by atoms with Crippen molar-refractivity contribution in [2.75, 3.05) is 13.7 Å². The number of hydrogen-bond acceptors (Lipinski definition) is 5. The van der Waals surface area contributed by atoms with E-state index in [4.69, 9.17) is 9.47 Å². The Labute approximate surface area is 148 Å². The van der Waals surface area contributed by atoms with E-state index in [1.54, 1.807) is 45.0 Å². The average Bonchev–Trinajstić information content (AvgIpc) is 2.96. The maximum atomic E-state index is 12.5. The van der Waals surface area contributed by atoms with E-state index >= 15 is 0 Å². The van der Waals surface area contributed by atoms with Crippen LogP contribution in [0, 0.1) is 5.41 Å². The van der Waals surface area contributed by atoms with Gasteiger partial charge in [-0.3, -0.25) is 9.59 Å². The van der Waals surface area contributed by atoms with Crippen LogP contribution in [0.4, 0.5) is 4.79 Å². The molecule has 1 aromatic rings. The quantitative estimate of drug-likeness (QED) is 0.618. The van der Waals surface area contributed by atoms with Gasteiger partial charge < -0.3 is 14.4 Å². The molecule has 1 aliphatic heterocycles. The number of methoxy groups -OCH3 is 1. The normalized spacial score (nSPS) is 20.2. The minimum Gasteiger partial charge on any atom is -0.460 e. The van der Waals surface area contributed by atoms with E-state index in [0.29, 0.717) is 12.0 Å². The van der Waals surface area contributed by atoms with Gasteiger partial charge in [-0.2, -0.15) is 0 Å². The molecule has 1 heterocycles. The molecule has 136 valence electrons. The molecule has 2 atom stereocenters. The molecule has 1 fully saturated rings. The van der Waals surface area contributed by atoms with Gasteiger partial charge in [0, 0.05) is 24.4 Å². The molecule has 1 aliphatic rings. The van der Waals surface area contributed by atoms with Gasteiger partial charge in [-0.1, -0.05) is 30.3 Å². The van der Waals surface area contributed by atoms with Crippen LogP contribution in [0.3, 0.4) is 0 Å². The smallest absolute Gasteiger partial charge is 0.409 e. The van der Waals surface area contributed by atoms with Crippen LogP contribution >= 0.6 is 0 Å². The fraction of sp³-hybridized carbons (Fsp3) is 0.526. The molecule has 0 unspecified atom stereocenters. The maximum absolute atomic E-state index is 12.5. The highest BCUT2D eigenvalue weighted by atomic mass is 16.6. The number of carbonyl (C=O) groups is 3. The lowest BCUT2D eigenvalue weighted by Crippen LogP contribution is -2.37. The summed E-state index contributed by atoms with van der Waals surface area (Å²) >= 11 is 0. The molecule has 1 aromatic carbocycles. The lowest BCUT2D eigenvalue weighted by Gasteiger charge is -2.22. The minimum absolute atomic E-state index is 0.0534. The second kappa shape index (κ2) is 7.68. The van der Waals surface area contributed by atoms with Crippen molar-refractivity contribution >= 4 is 17.8 Å². The summed E-state index contributed by atoms with van der Waals surface area (Å²) in [6.07, 6.45) is -0.349. The van der Waals surface area contributed by atoms with Crippen LogP contribution in [0.1, 0.15) is 44.0 Å². The molecule has 0 spiro atoms. The first-order valence-electron chi connectivity index (χ1n) is 8.36.